The molecule has 0 spiro atoms. The Morgan fingerprint density at radius 3 is 2.72 bits per heavy atom. The van der Waals surface area contributed by atoms with E-state index in [0.29, 0.717) is 31.6 Å². The van der Waals surface area contributed by atoms with Crippen molar-refractivity contribution in [3.05, 3.63) is 41.3 Å². The molecule has 11 heteroatoms. The molecule has 0 atom stereocenters. The van der Waals surface area contributed by atoms with Gasteiger partial charge in [-0.2, -0.15) is 0 Å². The quantitative estimate of drug-likeness (QED) is 0.750. The van der Waals surface area contributed by atoms with Crippen LogP contribution in [0, 0.1) is 0 Å². The van der Waals surface area contributed by atoms with Crippen molar-refractivity contribution >= 4 is 39.1 Å². The van der Waals surface area contributed by atoms with E-state index in [1.54, 1.807) is 17.0 Å². The van der Waals surface area contributed by atoms with Crippen LogP contribution in [-0.4, -0.2) is 50.9 Å². The molecule has 0 unspecified atom stereocenters. The lowest BCUT2D eigenvalue weighted by Crippen LogP contribution is -2.46. The first-order valence-electron chi connectivity index (χ1n) is 8.95. The number of furan rings is 1. The summed E-state index contributed by atoms with van der Waals surface area (Å²) in [7, 11) is -3.92. The van der Waals surface area contributed by atoms with Crippen LogP contribution in [0.2, 0.25) is 5.02 Å². The molecule has 0 radical (unpaired) electrons. The highest BCUT2D eigenvalue weighted by Gasteiger charge is 2.30. The first-order valence-corrected chi connectivity index (χ1v) is 10.8. The molecule has 2 aromatic rings. The van der Waals surface area contributed by atoms with E-state index in [0.717, 1.165) is 0 Å². The van der Waals surface area contributed by atoms with Gasteiger partial charge < -0.3 is 19.4 Å². The molecule has 2 amide bonds. The minimum Gasteiger partial charge on any atom is -0.482 e. The number of likely N-dealkylation sites (tertiary alicyclic amines) is 1. The van der Waals surface area contributed by atoms with Crippen molar-refractivity contribution in [1.29, 1.82) is 0 Å². The van der Waals surface area contributed by atoms with Crippen LogP contribution in [0.4, 0.5) is 5.69 Å². The smallest absolute Gasteiger partial charge is 0.289 e. The number of nitrogens with one attached hydrogen (secondary N) is 2. The number of piperidine rings is 1. The molecule has 9 nitrogen and oxygen atoms in total. The van der Waals surface area contributed by atoms with Crippen LogP contribution in [0.1, 0.15) is 23.4 Å². The molecular formula is C18H18ClN3O6S. The van der Waals surface area contributed by atoms with E-state index in [9.17, 15) is 18.0 Å². The van der Waals surface area contributed by atoms with Crippen LogP contribution in [0.25, 0.3) is 0 Å². The number of halogens is 1. The zero-order valence-corrected chi connectivity index (χ0v) is 16.8. The molecule has 29 heavy (non-hydrogen) atoms. The number of fused-ring (bicyclic) bond motifs is 1. The summed E-state index contributed by atoms with van der Waals surface area (Å²) in [6, 6.07) is 5.56. The second kappa shape index (κ2) is 7.69. The Labute approximate surface area is 172 Å². The zero-order valence-electron chi connectivity index (χ0n) is 15.2. The molecule has 1 saturated heterocycles. The van der Waals surface area contributed by atoms with Gasteiger partial charge in [-0.15, -0.1) is 0 Å². The number of benzene rings is 1. The average molecular weight is 440 g/mol. The summed E-state index contributed by atoms with van der Waals surface area (Å²) in [6.07, 6.45) is 2.35. The highest BCUT2D eigenvalue weighted by atomic mass is 35.5. The SMILES string of the molecule is O=C1COc2cc(S(=O)(=O)NC3CCN(C(=O)c4ccco4)CC3)c(Cl)cc2N1. The third kappa shape index (κ3) is 4.09. The number of anilines is 1. The largest absolute Gasteiger partial charge is 0.482 e. The maximum absolute atomic E-state index is 12.8. The molecule has 2 aliphatic heterocycles. The first-order chi connectivity index (χ1) is 13.8. The zero-order chi connectivity index (χ0) is 20.6. The van der Waals surface area contributed by atoms with Gasteiger partial charge in [-0.05, 0) is 31.0 Å². The molecule has 1 aromatic heterocycles. The summed E-state index contributed by atoms with van der Waals surface area (Å²) < 4.78 is 38.7. The fourth-order valence-electron chi connectivity index (χ4n) is 3.33. The van der Waals surface area contributed by atoms with Crippen molar-refractivity contribution < 1.29 is 27.2 Å². The predicted molar refractivity (Wildman–Crippen MR) is 104 cm³/mol. The standard InChI is InChI=1S/C18H18ClN3O6S/c19-12-8-13-15(28-10-17(23)20-13)9-16(12)29(25,26)21-11-3-5-22(6-4-11)18(24)14-2-1-7-27-14/h1-2,7-9,11,21H,3-6,10H2,(H,20,23). The van der Waals surface area contributed by atoms with Crippen molar-refractivity contribution in [2.45, 2.75) is 23.8 Å². The molecule has 0 aliphatic carbocycles. The molecule has 0 saturated carbocycles. The van der Waals surface area contributed by atoms with Crippen LogP contribution in [0.15, 0.2) is 39.8 Å². The Kier molecular flexibility index (Phi) is 5.24. The lowest BCUT2D eigenvalue weighted by atomic mass is 10.1. The Morgan fingerprint density at radius 2 is 2.03 bits per heavy atom. The van der Waals surface area contributed by atoms with E-state index in [2.05, 4.69) is 10.0 Å². The Bertz CT molecular complexity index is 1050. The van der Waals surface area contributed by atoms with E-state index in [1.165, 1.54) is 18.4 Å². The maximum Gasteiger partial charge on any atom is 0.289 e. The first kappa shape index (κ1) is 19.7. The molecule has 1 aromatic carbocycles. The van der Waals surface area contributed by atoms with Crippen LogP contribution in [0.5, 0.6) is 5.75 Å². The highest BCUT2D eigenvalue weighted by Crippen LogP contribution is 2.35. The number of hydrogen-bond donors (Lipinski definition) is 2. The van der Waals surface area contributed by atoms with E-state index in [4.69, 9.17) is 20.8 Å². The van der Waals surface area contributed by atoms with Gasteiger partial charge >= 0.3 is 0 Å². The molecule has 2 aliphatic rings. The lowest BCUT2D eigenvalue weighted by Gasteiger charge is -2.31. The van der Waals surface area contributed by atoms with Gasteiger partial charge in [0.2, 0.25) is 10.0 Å². The molecule has 0 bridgehead atoms. The second-order valence-electron chi connectivity index (χ2n) is 6.78. The molecule has 154 valence electrons. The topological polar surface area (TPSA) is 118 Å². The van der Waals surface area contributed by atoms with Crippen LogP contribution in [-0.2, 0) is 14.8 Å². The van der Waals surface area contributed by atoms with Crippen molar-refractivity contribution in [2.24, 2.45) is 0 Å². The lowest BCUT2D eigenvalue weighted by molar-refractivity contribution is -0.118. The third-order valence-electron chi connectivity index (χ3n) is 4.79. The van der Waals surface area contributed by atoms with Gasteiger partial charge in [-0.3, -0.25) is 9.59 Å². The van der Waals surface area contributed by atoms with Crippen molar-refractivity contribution in [2.75, 3.05) is 25.0 Å². The van der Waals surface area contributed by atoms with Gasteiger partial charge in [0, 0.05) is 25.2 Å². The summed E-state index contributed by atoms with van der Waals surface area (Å²) in [4.78, 5) is 25.2. The van der Waals surface area contributed by atoms with Crippen LogP contribution in [0.3, 0.4) is 0 Å². The number of amides is 2. The number of carbonyl (C=O) groups excluding carboxylic acids is 2. The second-order valence-corrected chi connectivity index (χ2v) is 8.87. The molecule has 2 N–H and O–H groups in total. The van der Waals surface area contributed by atoms with Gasteiger partial charge in [-0.25, -0.2) is 13.1 Å². The van der Waals surface area contributed by atoms with Gasteiger partial charge in [0.25, 0.3) is 11.8 Å². The Morgan fingerprint density at radius 1 is 1.28 bits per heavy atom. The molecule has 1 fully saturated rings. The minimum atomic E-state index is -3.92. The van der Waals surface area contributed by atoms with Crippen LogP contribution >= 0.6 is 11.6 Å². The monoisotopic (exact) mass is 439 g/mol. The van der Waals surface area contributed by atoms with E-state index in [1.807, 2.05) is 0 Å². The third-order valence-corrected chi connectivity index (χ3v) is 6.78. The number of hydrogen-bond acceptors (Lipinski definition) is 6. The maximum atomic E-state index is 12.8. The Hall–Kier alpha value is -2.56. The van der Waals surface area contributed by atoms with E-state index in [-0.39, 0.29) is 45.9 Å². The summed E-state index contributed by atoms with van der Waals surface area (Å²) in [5, 5.41) is 2.56. The number of ether oxygens (including phenoxy) is 1. The minimum absolute atomic E-state index is 0.0208. The van der Waals surface area contributed by atoms with Crippen LogP contribution < -0.4 is 14.8 Å². The van der Waals surface area contributed by atoms with E-state index < -0.39 is 10.0 Å². The van der Waals surface area contributed by atoms with Gasteiger partial charge in [0.1, 0.15) is 10.6 Å². The normalized spacial score (nSPS) is 17.4. The summed E-state index contributed by atoms with van der Waals surface area (Å²) in [5.41, 5.74) is 0.329. The summed E-state index contributed by atoms with van der Waals surface area (Å²) in [6.45, 7) is 0.614. The molecule has 3 heterocycles. The Balaban J connectivity index is 1.43. The van der Waals surface area contributed by atoms with Crippen molar-refractivity contribution in [1.82, 2.24) is 9.62 Å². The van der Waals surface area contributed by atoms with Gasteiger partial charge in [-0.1, -0.05) is 11.6 Å². The highest BCUT2D eigenvalue weighted by molar-refractivity contribution is 7.89. The van der Waals surface area contributed by atoms with E-state index >= 15 is 0 Å². The predicted octanol–water partition coefficient (Wildman–Crippen LogP) is 1.85. The number of nitrogens with zero attached hydrogens (tertiary/aromatic N) is 1. The molecule has 4 rings (SSSR count). The van der Waals surface area contributed by atoms with Crippen molar-refractivity contribution in [3.63, 3.8) is 0 Å². The molecular weight excluding hydrogens is 422 g/mol. The number of sulfonamides is 1. The van der Waals surface area contributed by atoms with Gasteiger partial charge in [0.05, 0.1) is 17.0 Å². The summed E-state index contributed by atoms with van der Waals surface area (Å²) in [5.74, 6) is -0.0448. The van der Waals surface area contributed by atoms with Gasteiger partial charge in [0.15, 0.2) is 12.4 Å². The fraction of sp³-hybridized carbons (Fsp3) is 0.333. The number of rotatable bonds is 4. The number of carbonyl (C=O) groups is 2. The fourth-order valence-corrected chi connectivity index (χ4v) is 5.17. The van der Waals surface area contributed by atoms with Crippen molar-refractivity contribution in [3.8, 4) is 5.75 Å². The average Bonchev–Trinajstić information content (AvgIpc) is 3.22. The summed E-state index contributed by atoms with van der Waals surface area (Å²) >= 11 is 6.14.